The number of hydrogen-bond donors (Lipinski definition) is 0. The first-order valence-electron chi connectivity index (χ1n) is 6.63. The van der Waals surface area contributed by atoms with Crippen LogP contribution < -0.4 is 4.74 Å². The average molecular weight is 245 g/mol. The molecule has 2 heteroatoms. The molecule has 1 aromatic rings. The van der Waals surface area contributed by atoms with E-state index >= 15 is 0 Å². The summed E-state index contributed by atoms with van der Waals surface area (Å²) in [6, 6.07) is 10.5. The van der Waals surface area contributed by atoms with Crippen LogP contribution in [0.1, 0.15) is 52.0 Å². The van der Waals surface area contributed by atoms with E-state index in [-0.39, 0.29) is 5.41 Å². The Labute approximate surface area is 111 Å². The highest BCUT2D eigenvalue weighted by atomic mass is 16.5. The lowest BCUT2D eigenvalue weighted by Crippen LogP contribution is -2.13. The number of ether oxygens (including phenoxy) is 1. The number of nitriles is 1. The van der Waals surface area contributed by atoms with Crippen molar-refractivity contribution in [3.8, 4) is 11.8 Å². The van der Waals surface area contributed by atoms with E-state index in [2.05, 4.69) is 26.0 Å². The second-order valence-corrected chi connectivity index (χ2v) is 5.44. The number of hydrogen-bond acceptors (Lipinski definition) is 2. The molecule has 98 valence electrons. The molecule has 1 rings (SSSR count). The minimum Gasteiger partial charge on any atom is -0.493 e. The molecule has 1 aromatic carbocycles. The Kier molecular flexibility index (Phi) is 5.22. The van der Waals surface area contributed by atoms with Crippen molar-refractivity contribution in [1.29, 1.82) is 5.26 Å². The molecular weight excluding hydrogens is 222 g/mol. The van der Waals surface area contributed by atoms with Gasteiger partial charge < -0.3 is 4.74 Å². The number of benzene rings is 1. The molecule has 0 aromatic heterocycles. The second-order valence-electron chi connectivity index (χ2n) is 5.44. The van der Waals surface area contributed by atoms with Gasteiger partial charge in [0.1, 0.15) is 5.75 Å². The molecule has 0 aliphatic carbocycles. The van der Waals surface area contributed by atoms with Gasteiger partial charge in [-0.05, 0) is 44.2 Å². The van der Waals surface area contributed by atoms with E-state index in [0.29, 0.717) is 12.5 Å². The fourth-order valence-corrected chi connectivity index (χ4v) is 1.71. The summed E-state index contributed by atoms with van der Waals surface area (Å²) in [6.45, 7) is 8.86. The fraction of sp³-hybridized carbons (Fsp3) is 0.562. The number of nitrogens with zero attached hydrogens (tertiary/aromatic N) is 1. The van der Waals surface area contributed by atoms with Gasteiger partial charge >= 0.3 is 0 Å². The van der Waals surface area contributed by atoms with Crippen LogP contribution >= 0.6 is 0 Å². The van der Waals surface area contributed by atoms with Gasteiger partial charge in [-0.25, -0.2) is 0 Å². The van der Waals surface area contributed by atoms with Crippen molar-refractivity contribution in [3.63, 3.8) is 0 Å². The van der Waals surface area contributed by atoms with Crippen LogP contribution in [0.25, 0.3) is 0 Å². The quantitative estimate of drug-likeness (QED) is 0.738. The predicted octanol–water partition coefficient (Wildman–Crippen LogP) is 4.52. The molecule has 0 fully saturated rings. The Morgan fingerprint density at radius 2 is 2.00 bits per heavy atom. The molecule has 0 N–H and O–H groups in total. The zero-order chi connectivity index (χ0) is 13.6. The Morgan fingerprint density at radius 3 is 2.61 bits per heavy atom. The summed E-state index contributed by atoms with van der Waals surface area (Å²) in [5.41, 5.74) is 0.945. The van der Waals surface area contributed by atoms with Gasteiger partial charge in [-0.3, -0.25) is 0 Å². The van der Waals surface area contributed by atoms with Crippen LogP contribution in [0, 0.1) is 16.7 Å². The molecule has 0 spiro atoms. The van der Waals surface area contributed by atoms with Gasteiger partial charge in [0.15, 0.2) is 0 Å². The first-order chi connectivity index (χ1) is 8.50. The molecule has 0 bridgehead atoms. The molecule has 0 saturated carbocycles. The zero-order valence-corrected chi connectivity index (χ0v) is 11.9. The van der Waals surface area contributed by atoms with E-state index in [9.17, 15) is 0 Å². The van der Waals surface area contributed by atoms with E-state index in [1.165, 1.54) is 5.56 Å². The van der Waals surface area contributed by atoms with Crippen molar-refractivity contribution >= 4 is 0 Å². The van der Waals surface area contributed by atoms with Gasteiger partial charge in [-0.15, -0.1) is 0 Å². The maximum atomic E-state index is 8.97. The minimum absolute atomic E-state index is 0.314. The van der Waals surface area contributed by atoms with Crippen LogP contribution in [-0.4, -0.2) is 6.61 Å². The Bertz CT molecular complexity index is 417. The van der Waals surface area contributed by atoms with Crippen molar-refractivity contribution in [1.82, 2.24) is 0 Å². The van der Waals surface area contributed by atoms with Crippen LogP contribution in [0.3, 0.4) is 0 Å². The maximum absolute atomic E-state index is 8.97. The molecule has 2 nitrogen and oxygen atoms in total. The molecule has 0 heterocycles. The van der Waals surface area contributed by atoms with Gasteiger partial charge in [0.2, 0.25) is 0 Å². The second kappa shape index (κ2) is 6.44. The molecule has 0 aliphatic heterocycles. The average Bonchev–Trinajstić information content (AvgIpc) is 2.38. The lowest BCUT2D eigenvalue weighted by molar-refractivity contribution is 0.261. The molecular formula is C16H23NO. The lowest BCUT2D eigenvalue weighted by atomic mass is 9.92. The van der Waals surface area contributed by atoms with Crippen LogP contribution in [0.4, 0.5) is 0 Å². The van der Waals surface area contributed by atoms with Crippen molar-refractivity contribution in [2.75, 3.05) is 6.61 Å². The monoisotopic (exact) mass is 245 g/mol. The lowest BCUT2D eigenvalue weighted by Gasteiger charge is -2.18. The number of rotatable bonds is 6. The summed E-state index contributed by atoms with van der Waals surface area (Å²) in [7, 11) is 0. The first kappa shape index (κ1) is 14.6. The van der Waals surface area contributed by atoms with Gasteiger partial charge in [-0.1, -0.05) is 32.0 Å². The summed E-state index contributed by atoms with van der Waals surface area (Å²) in [5, 5.41) is 8.97. The highest BCUT2D eigenvalue weighted by Gasteiger charge is 2.17. The normalized spacial score (nSPS) is 12.8. The highest BCUT2D eigenvalue weighted by Crippen LogP contribution is 2.29. The molecule has 0 saturated heterocycles. The van der Waals surface area contributed by atoms with Crippen molar-refractivity contribution in [3.05, 3.63) is 29.8 Å². The molecule has 1 atom stereocenters. The van der Waals surface area contributed by atoms with Crippen molar-refractivity contribution < 1.29 is 4.74 Å². The predicted molar refractivity (Wildman–Crippen MR) is 74.7 cm³/mol. The van der Waals surface area contributed by atoms with Gasteiger partial charge in [0, 0.05) is 0 Å². The zero-order valence-electron chi connectivity index (χ0n) is 11.9. The van der Waals surface area contributed by atoms with E-state index in [0.717, 1.165) is 18.6 Å². The van der Waals surface area contributed by atoms with Gasteiger partial charge in [-0.2, -0.15) is 5.26 Å². The third-order valence-corrected chi connectivity index (χ3v) is 3.35. The summed E-state index contributed by atoms with van der Waals surface area (Å²) in [4.78, 5) is 0. The van der Waals surface area contributed by atoms with Crippen LogP contribution in [0.15, 0.2) is 24.3 Å². The van der Waals surface area contributed by atoms with Crippen molar-refractivity contribution in [2.45, 2.75) is 46.5 Å². The topological polar surface area (TPSA) is 33.0 Å². The van der Waals surface area contributed by atoms with Crippen LogP contribution in [0.5, 0.6) is 5.75 Å². The third-order valence-electron chi connectivity index (χ3n) is 3.35. The Morgan fingerprint density at radius 1 is 1.33 bits per heavy atom. The summed E-state index contributed by atoms with van der Waals surface area (Å²) < 4.78 is 5.85. The molecule has 1 unspecified atom stereocenters. The van der Waals surface area contributed by atoms with Gasteiger partial charge in [0.25, 0.3) is 0 Å². The Hall–Kier alpha value is -1.49. The van der Waals surface area contributed by atoms with E-state index in [1.807, 2.05) is 32.0 Å². The maximum Gasteiger partial charge on any atom is 0.122 e. The smallest absolute Gasteiger partial charge is 0.122 e. The fourth-order valence-electron chi connectivity index (χ4n) is 1.71. The first-order valence-corrected chi connectivity index (χ1v) is 6.63. The number of para-hydroxylation sites is 1. The molecule has 0 aliphatic rings. The minimum atomic E-state index is -0.314. The van der Waals surface area contributed by atoms with Crippen molar-refractivity contribution in [2.24, 2.45) is 5.41 Å². The molecule has 0 amide bonds. The summed E-state index contributed by atoms with van der Waals surface area (Å²) in [5.74, 6) is 1.46. The van der Waals surface area contributed by atoms with E-state index < -0.39 is 0 Å². The molecule has 18 heavy (non-hydrogen) atoms. The summed E-state index contributed by atoms with van der Waals surface area (Å²) in [6.07, 6.45) is 1.85. The van der Waals surface area contributed by atoms with Crippen LogP contribution in [-0.2, 0) is 0 Å². The van der Waals surface area contributed by atoms with Crippen LogP contribution in [0.2, 0.25) is 0 Å². The largest absolute Gasteiger partial charge is 0.493 e. The standard InChI is InChI=1S/C16H23NO/c1-5-13(2)14-8-6-7-9-15(14)18-11-10-16(3,4)12-17/h6-9,13H,5,10-11H2,1-4H3. The van der Waals surface area contributed by atoms with E-state index in [1.54, 1.807) is 0 Å². The Balaban J connectivity index is 2.66. The highest BCUT2D eigenvalue weighted by molar-refractivity contribution is 5.35. The van der Waals surface area contributed by atoms with Gasteiger partial charge in [0.05, 0.1) is 18.1 Å². The summed E-state index contributed by atoms with van der Waals surface area (Å²) >= 11 is 0. The van der Waals surface area contributed by atoms with E-state index in [4.69, 9.17) is 10.00 Å². The molecule has 0 radical (unpaired) electrons. The SMILES string of the molecule is CCC(C)c1ccccc1OCCC(C)(C)C#N. The third kappa shape index (κ3) is 4.07.